The van der Waals surface area contributed by atoms with Gasteiger partial charge in [-0.15, -0.1) is 0 Å². The van der Waals surface area contributed by atoms with E-state index >= 15 is 0 Å². The van der Waals surface area contributed by atoms with E-state index in [1.165, 1.54) is 0 Å². The number of para-hydroxylation sites is 1. The fourth-order valence-electron chi connectivity index (χ4n) is 2.54. The Morgan fingerprint density at radius 1 is 1.21 bits per heavy atom. The average molecular weight is 323 g/mol. The summed E-state index contributed by atoms with van der Waals surface area (Å²) in [5.41, 5.74) is 1.16. The van der Waals surface area contributed by atoms with E-state index in [4.69, 9.17) is 4.74 Å². The fourth-order valence-corrected chi connectivity index (χ4v) is 2.54. The number of benzene rings is 2. The predicted octanol–water partition coefficient (Wildman–Crippen LogP) is 1.87. The van der Waals surface area contributed by atoms with Crippen LogP contribution in [0.3, 0.4) is 0 Å². The van der Waals surface area contributed by atoms with Crippen LogP contribution in [0.4, 0.5) is 0 Å². The van der Waals surface area contributed by atoms with Crippen molar-refractivity contribution in [3.8, 4) is 5.75 Å². The first kappa shape index (κ1) is 15.7. The molecule has 0 unspecified atom stereocenters. The van der Waals surface area contributed by atoms with Gasteiger partial charge in [0, 0.05) is 13.6 Å². The van der Waals surface area contributed by atoms with Gasteiger partial charge in [0.1, 0.15) is 5.75 Å². The first-order valence-corrected chi connectivity index (χ1v) is 7.47. The first-order chi connectivity index (χ1) is 11.6. The molecule has 1 aromatic heterocycles. The van der Waals surface area contributed by atoms with Gasteiger partial charge in [0.25, 0.3) is 11.5 Å². The molecule has 1 heterocycles. The molecule has 0 aliphatic rings. The van der Waals surface area contributed by atoms with Gasteiger partial charge in [-0.2, -0.15) is 4.98 Å². The smallest absolute Gasteiger partial charge is 0.287 e. The zero-order valence-electron chi connectivity index (χ0n) is 13.4. The van der Waals surface area contributed by atoms with Gasteiger partial charge >= 0.3 is 0 Å². The third-order valence-corrected chi connectivity index (χ3v) is 3.81. The highest BCUT2D eigenvalue weighted by Gasteiger charge is 2.14. The van der Waals surface area contributed by atoms with Gasteiger partial charge in [0.05, 0.1) is 18.0 Å². The van der Waals surface area contributed by atoms with Gasteiger partial charge in [0.2, 0.25) is 5.82 Å². The largest absolute Gasteiger partial charge is 0.497 e. The number of hydrogen-bond acceptors (Lipinski definition) is 4. The number of nitrogens with one attached hydrogen (secondary N) is 1. The van der Waals surface area contributed by atoms with Crippen molar-refractivity contribution in [3.05, 3.63) is 70.3 Å². The highest BCUT2D eigenvalue weighted by atomic mass is 16.5. The summed E-state index contributed by atoms with van der Waals surface area (Å²) >= 11 is 0. The second-order valence-electron chi connectivity index (χ2n) is 5.35. The zero-order valence-corrected chi connectivity index (χ0v) is 13.4. The maximum Gasteiger partial charge on any atom is 0.287 e. The number of ether oxygens (including phenoxy) is 1. The lowest BCUT2D eigenvalue weighted by molar-refractivity contribution is 0.0936. The first-order valence-electron chi connectivity index (χ1n) is 7.47. The van der Waals surface area contributed by atoms with Gasteiger partial charge in [-0.1, -0.05) is 24.3 Å². The third kappa shape index (κ3) is 2.99. The van der Waals surface area contributed by atoms with E-state index < -0.39 is 11.5 Å². The van der Waals surface area contributed by atoms with E-state index in [2.05, 4.69) is 10.3 Å². The van der Waals surface area contributed by atoms with Crippen molar-refractivity contribution in [2.45, 2.75) is 6.54 Å². The molecule has 0 atom stereocenters. The molecule has 122 valence electrons. The van der Waals surface area contributed by atoms with Crippen molar-refractivity contribution in [1.29, 1.82) is 0 Å². The molecular formula is C18H17N3O3. The number of aromatic nitrogens is 2. The summed E-state index contributed by atoms with van der Waals surface area (Å²) in [4.78, 5) is 28.4. The molecule has 1 amide bonds. The molecular weight excluding hydrogens is 306 g/mol. The highest BCUT2D eigenvalue weighted by Crippen LogP contribution is 2.13. The highest BCUT2D eigenvalue weighted by molar-refractivity contribution is 5.93. The van der Waals surface area contributed by atoms with E-state index in [9.17, 15) is 9.59 Å². The number of rotatable bonds is 4. The van der Waals surface area contributed by atoms with E-state index in [1.54, 1.807) is 36.9 Å². The van der Waals surface area contributed by atoms with Gasteiger partial charge in [-0.25, -0.2) is 0 Å². The van der Waals surface area contributed by atoms with Crippen molar-refractivity contribution >= 4 is 16.8 Å². The fraction of sp³-hybridized carbons (Fsp3) is 0.167. The lowest BCUT2D eigenvalue weighted by Crippen LogP contribution is -2.30. The minimum absolute atomic E-state index is 0.0848. The molecule has 6 heteroatoms. The summed E-state index contributed by atoms with van der Waals surface area (Å²) in [5, 5.41) is 3.27. The van der Waals surface area contributed by atoms with E-state index in [1.807, 2.05) is 30.3 Å². The van der Waals surface area contributed by atoms with E-state index in [-0.39, 0.29) is 5.82 Å². The number of amides is 1. The Morgan fingerprint density at radius 3 is 2.79 bits per heavy atom. The molecule has 3 rings (SSSR count). The zero-order chi connectivity index (χ0) is 17.1. The molecule has 24 heavy (non-hydrogen) atoms. The molecule has 0 radical (unpaired) electrons. The predicted molar refractivity (Wildman–Crippen MR) is 91.1 cm³/mol. The summed E-state index contributed by atoms with van der Waals surface area (Å²) in [7, 11) is 3.31. The summed E-state index contributed by atoms with van der Waals surface area (Å²) in [5.74, 6) is 0.405. The lowest BCUT2D eigenvalue weighted by Gasteiger charge is -2.11. The number of carbonyl (C=O) groups excluding carboxylic acids is 1. The van der Waals surface area contributed by atoms with Crippen LogP contribution < -0.4 is 15.6 Å². The van der Waals surface area contributed by atoms with E-state index in [0.29, 0.717) is 17.4 Å². The second-order valence-corrected chi connectivity index (χ2v) is 5.35. The standard InChI is InChI=1S/C18H17N3O3/c1-21-15-9-4-3-8-14(15)17(22)20-16(21)18(23)19-11-12-6-5-7-13(10-12)24-2/h3-10H,11H2,1-2H3,(H,19,23). The molecule has 0 bridgehead atoms. The molecule has 6 nitrogen and oxygen atoms in total. The molecule has 0 saturated carbocycles. The Balaban J connectivity index is 1.86. The Bertz CT molecular complexity index is 963. The quantitative estimate of drug-likeness (QED) is 0.795. The number of methoxy groups -OCH3 is 1. The Kier molecular flexibility index (Phi) is 4.29. The summed E-state index contributed by atoms with van der Waals surface area (Å²) in [6.45, 7) is 0.318. The number of hydrogen-bond donors (Lipinski definition) is 1. The molecule has 0 fully saturated rings. The van der Waals surface area contributed by atoms with Crippen LogP contribution in [0.25, 0.3) is 10.9 Å². The van der Waals surface area contributed by atoms with Crippen molar-refractivity contribution in [2.75, 3.05) is 7.11 Å². The molecule has 3 aromatic rings. The minimum Gasteiger partial charge on any atom is -0.497 e. The SMILES string of the molecule is COc1cccc(CNC(=O)c2nc(=O)c3ccccc3n2C)c1. The average Bonchev–Trinajstić information content (AvgIpc) is 2.63. The topological polar surface area (TPSA) is 73.2 Å². The number of nitrogens with zero attached hydrogens (tertiary/aromatic N) is 2. The number of carbonyl (C=O) groups is 1. The molecule has 0 aliphatic heterocycles. The van der Waals surface area contributed by atoms with Gasteiger partial charge < -0.3 is 14.6 Å². The van der Waals surface area contributed by atoms with Gasteiger partial charge in [-0.3, -0.25) is 9.59 Å². The molecule has 2 aromatic carbocycles. The van der Waals surface area contributed by atoms with Crippen molar-refractivity contribution in [3.63, 3.8) is 0 Å². The van der Waals surface area contributed by atoms with Crippen molar-refractivity contribution in [2.24, 2.45) is 7.05 Å². The van der Waals surface area contributed by atoms with Crippen LogP contribution in [-0.2, 0) is 13.6 Å². The maximum atomic E-state index is 12.4. The number of fused-ring (bicyclic) bond motifs is 1. The Hall–Kier alpha value is -3.15. The van der Waals surface area contributed by atoms with Crippen LogP contribution in [0.5, 0.6) is 5.75 Å². The van der Waals surface area contributed by atoms with Crippen molar-refractivity contribution < 1.29 is 9.53 Å². The lowest BCUT2D eigenvalue weighted by atomic mass is 10.2. The van der Waals surface area contributed by atoms with Crippen LogP contribution >= 0.6 is 0 Å². The maximum absolute atomic E-state index is 12.4. The van der Waals surface area contributed by atoms with Crippen LogP contribution in [0.15, 0.2) is 53.3 Å². The molecule has 0 saturated heterocycles. The monoisotopic (exact) mass is 323 g/mol. The molecule has 1 N–H and O–H groups in total. The molecule has 0 spiro atoms. The Morgan fingerprint density at radius 2 is 2.00 bits per heavy atom. The van der Waals surface area contributed by atoms with Gasteiger partial charge in [0.15, 0.2) is 0 Å². The van der Waals surface area contributed by atoms with Gasteiger partial charge in [-0.05, 0) is 29.8 Å². The van der Waals surface area contributed by atoms with Crippen LogP contribution in [0.2, 0.25) is 0 Å². The van der Waals surface area contributed by atoms with Crippen LogP contribution in [-0.4, -0.2) is 22.6 Å². The summed E-state index contributed by atoms with van der Waals surface area (Å²) < 4.78 is 6.78. The summed E-state index contributed by atoms with van der Waals surface area (Å²) in [6.07, 6.45) is 0. The summed E-state index contributed by atoms with van der Waals surface area (Å²) in [6, 6.07) is 14.5. The minimum atomic E-state index is -0.407. The number of aryl methyl sites for hydroxylation is 1. The van der Waals surface area contributed by atoms with Crippen LogP contribution in [0.1, 0.15) is 16.2 Å². The normalized spacial score (nSPS) is 10.6. The second kappa shape index (κ2) is 6.54. The molecule has 0 aliphatic carbocycles. The third-order valence-electron chi connectivity index (χ3n) is 3.81. The van der Waals surface area contributed by atoms with E-state index in [0.717, 1.165) is 11.3 Å². The van der Waals surface area contributed by atoms with Crippen molar-refractivity contribution in [1.82, 2.24) is 14.9 Å². The Labute approximate surface area is 138 Å². The van der Waals surface area contributed by atoms with Crippen LogP contribution in [0, 0.1) is 0 Å².